The van der Waals surface area contributed by atoms with Gasteiger partial charge in [0.1, 0.15) is 0 Å². The summed E-state index contributed by atoms with van der Waals surface area (Å²) in [5.74, 6) is 2.94. The molecule has 4 unspecified atom stereocenters. The molecule has 2 N–H and O–H groups in total. The molecule has 2 aliphatic heterocycles. The summed E-state index contributed by atoms with van der Waals surface area (Å²) in [7, 11) is 0. The van der Waals surface area contributed by atoms with E-state index in [4.69, 9.17) is 6.42 Å². The van der Waals surface area contributed by atoms with Gasteiger partial charge in [0.25, 0.3) is 0 Å². The summed E-state index contributed by atoms with van der Waals surface area (Å²) < 4.78 is 0. The second kappa shape index (κ2) is 3.08. The molecule has 0 spiro atoms. The van der Waals surface area contributed by atoms with E-state index in [9.17, 15) is 5.11 Å². The van der Waals surface area contributed by atoms with Crippen LogP contribution in [0, 0.1) is 18.3 Å². The van der Waals surface area contributed by atoms with E-state index < -0.39 is 0 Å². The maximum absolute atomic E-state index is 9.69. The fraction of sp³-hybridized carbons (Fsp3) is 0.800. The quantitative estimate of drug-likeness (QED) is 0.584. The lowest BCUT2D eigenvalue weighted by atomic mass is 9.84. The van der Waals surface area contributed by atoms with Gasteiger partial charge in [-0.2, -0.15) is 0 Å². The molecule has 0 radical (unpaired) electrons. The average molecular weight is 165 g/mol. The first-order valence-corrected chi connectivity index (χ1v) is 4.69. The van der Waals surface area contributed by atoms with Gasteiger partial charge in [0.2, 0.25) is 0 Å². The Kier molecular flexibility index (Phi) is 2.08. The van der Waals surface area contributed by atoms with E-state index in [0.29, 0.717) is 24.4 Å². The first-order chi connectivity index (χ1) is 5.81. The van der Waals surface area contributed by atoms with E-state index in [0.717, 1.165) is 6.42 Å². The summed E-state index contributed by atoms with van der Waals surface area (Å²) in [6, 6.07) is 1.20. The molecule has 2 fully saturated rings. The van der Waals surface area contributed by atoms with Crippen LogP contribution in [0.1, 0.15) is 25.7 Å². The van der Waals surface area contributed by atoms with Gasteiger partial charge in [0.05, 0.1) is 6.10 Å². The van der Waals surface area contributed by atoms with Gasteiger partial charge < -0.3 is 10.4 Å². The van der Waals surface area contributed by atoms with Gasteiger partial charge in [0, 0.05) is 24.4 Å². The monoisotopic (exact) mass is 165 g/mol. The molecule has 66 valence electrons. The maximum Gasteiger partial charge on any atom is 0.0692 e. The predicted molar refractivity (Wildman–Crippen MR) is 47.5 cm³/mol. The average Bonchev–Trinajstić information content (AvgIpc) is 2.64. The minimum Gasteiger partial charge on any atom is -0.392 e. The summed E-state index contributed by atoms with van der Waals surface area (Å²) >= 11 is 0. The van der Waals surface area contributed by atoms with E-state index in [1.807, 2.05) is 0 Å². The number of rotatable bonds is 2. The Morgan fingerprint density at radius 3 is 2.92 bits per heavy atom. The Morgan fingerprint density at radius 2 is 2.42 bits per heavy atom. The molecule has 2 bridgehead atoms. The topological polar surface area (TPSA) is 32.3 Å². The summed E-state index contributed by atoms with van der Waals surface area (Å²) in [4.78, 5) is 0. The van der Waals surface area contributed by atoms with Crippen LogP contribution in [0.2, 0.25) is 0 Å². The highest BCUT2D eigenvalue weighted by Crippen LogP contribution is 2.35. The fourth-order valence-corrected chi connectivity index (χ4v) is 2.56. The SMILES string of the molecule is C#CCC(O)C1CC2CCC1N2. The molecular formula is C10H15NO. The number of hydrogen-bond donors (Lipinski definition) is 2. The van der Waals surface area contributed by atoms with Crippen LogP contribution in [0.3, 0.4) is 0 Å². The molecule has 0 saturated carbocycles. The highest BCUT2D eigenvalue weighted by Gasteiger charge is 2.41. The number of nitrogens with one attached hydrogen (secondary N) is 1. The Bertz CT molecular complexity index is 208. The normalized spacial score (nSPS) is 41.2. The molecule has 2 rings (SSSR count). The van der Waals surface area contributed by atoms with Crippen LogP contribution >= 0.6 is 0 Å². The summed E-state index contributed by atoms with van der Waals surface area (Å²) in [6.07, 6.45) is 9.01. The smallest absolute Gasteiger partial charge is 0.0692 e. The number of terminal acetylenes is 1. The Labute approximate surface area is 73.4 Å². The number of hydrogen-bond acceptors (Lipinski definition) is 2. The van der Waals surface area contributed by atoms with Crippen LogP contribution in [-0.4, -0.2) is 23.3 Å². The largest absolute Gasteiger partial charge is 0.392 e. The lowest BCUT2D eigenvalue weighted by Gasteiger charge is -2.23. The van der Waals surface area contributed by atoms with Crippen molar-refractivity contribution >= 4 is 0 Å². The van der Waals surface area contributed by atoms with Crippen LogP contribution in [0.25, 0.3) is 0 Å². The van der Waals surface area contributed by atoms with Gasteiger partial charge in [0.15, 0.2) is 0 Å². The highest BCUT2D eigenvalue weighted by molar-refractivity contribution is 5.02. The lowest BCUT2D eigenvalue weighted by molar-refractivity contribution is 0.0974. The molecule has 0 aliphatic carbocycles. The molecule has 2 nitrogen and oxygen atoms in total. The van der Waals surface area contributed by atoms with Gasteiger partial charge in [-0.15, -0.1) is 12.3 Å². The second-order valence-electron chi connectivity index (χ2n) is 3.92. The standard InChI is InChI=1S/C10H15NO/c1-2-3-10(12)8-6-7-4-5-9(8)11-7/h1,7-12H,3-6H2. The molecule has 2 heteroatoms. The van der Waals surface area contributed by atoms with Crippen molar-refractivity contribution in [2.45, 2.75) is 43.9 Å². The highest BCUT2D eigenvalue weighted by atomic mass is 16.3. The van der Waals surface area contributed by atoms with Crippen molar-refractivity contribution in [3.8, 4) is 12.3 Å². The van der Waals surface area contributed by atoms with Crippen LogP contribution in [0.15, 0.2) is 0 Å². The maximum atomic E-state index is 9.69. The van der Waals surface area contributed by atoms with Crippen LogP contribution in [0.4, 0.5) is 0 Å². The lowest BCUT2D eigenvalue weighted by Crippen LogP contribution is -2.31. The molecule has 0 aromatic heterocycles. The van der Waals surface area contributed by atoms with Gasteiger partial charge in [-0.1, -0.05) is 0 Å². The van der Waals surface area contributed by atoms with E-state index in [-0.39, 0.29) is 6.10 Å². The fourth-order valence-electron chi connectivity index (χ4n) is 2.56. The van der Waals surface area contributed by atoms with E-state index in [2.05, 4.69) is 11.2 Å². The third kappa shape index (κ3) is 1.24. The second-order valence-corrected chi connectivity index (χ2v) is 3.92. The molecule has 0 amide bonds. The molecular weight excluding hydrogens is 150 g/mol. The van der Waals surface area contributed by atoms with E-state index in [1.54, 1.807) is 0 Å². The number of aliphatic hydroxyl groups excluding tert-OH is 1. The molecule has 4 atom stereocenters. The molecule has 2 heterocycles. The first kappa shape index (κ1) is 8.10. The first-order valence-electron chi connectivity index (χ1n) is 4.69. The van der Waals surface area contributed by atoms with Crippen molar-refractivity contribution < 1.29 is 5.11 Å². The van der Waals surface area contributed by atoms with Gasteiger partial charge in [-0.3, -0.25) is 0 Å². The molecule has 12 heavy (non-hydrogen) atoms. The van der Waals surface area contributed by atoms with Gasteiger partial charge in [-0.25, -0.2) is 0 Å². The molecule has 0 aromatic carbocycles. The Morgan fingerprint density at radius 1 is 1.58 bits per heavy atom. The summed E-state index contributed by atoms with van der Waals surface area (Å²) in [5, 5.41) is 13.2. The zero-order chi connectivity index (χ0) is 8.55. The molecule has 2 saturated heterocycles. The zero-order valence-corrected chi connectivity index (χ0v) is 7.16. The number of fused-ring (bicyclic) bond motifs is 2. The third-order valence-corrected chi connectivity index (χ3v) is 3.17. The third-order valence-electron chi connectivity index (χ3n) is 3.17. The van der Waals surface area contributed by atoms with Crippen molar-refractivity contribution in [2.75, 3.05) is 0 Å². The van der Waals surface area contributed by atoms with Crippen molar-refractivity contribution in [3.05, 3.63) is 0 Å². The van der Waals surface area contributed by atoms with Crippen LogP contribution < -0.4 is 5.32 Å². The van der Waals surface area contributed by atoms with E-state index in [1.165, 1.54) is 12.8 Å². The van der Waals surface area contributed by atoms with Crippen molar-refractivity contribution in [1.29, 1.82) is 0 Å². The summed E-state index contributed by atoms with van der Waals surface area (Å²) in [5.41, 5.74) is 0. The predicted octanol–water partition coefficient (Wildman–Crippen LogP) is 0.511. The van der Waals surface area contributed by atoms with Crippen LogP contribution in [-0.2, 0) is 0 Å². The van der Waals surface area contributed by atoms with Crippen molar-refractivity contribution in [3.63, 3.8) is 0 Å². The van der Waals surface area contributed by atoms with Gasteiger partial charge in [-0.05, 0) is 19.3 Å². The minimum absolute atomic E-state index is 0.280. The van der Waals surface area contributed by atoms with Crippen molar-refractivity contribution in [2.24, 2.45) is 5.92 Å². The van der Waals surface area contributed by atoms with Crippen molar-refractivity contribution in [1.82, 2.24) is 5.32 Å². The number of aliphatic hydroxyl groups is 1. The van der Waals surface area contributed by atoms with Gasteiger partial charge >= 0.3 is 0 Å². The minimum atomic E-state index is -0.280. The molecule has 2 aliphatic rings. The molecule has 0 aromatic rings. The Balaban J connectivity index is 1.94. The zero-order valence-electron chi connectivity index (χ0n) is 7.16. The summed E-state index contributed by atoms with van der Waals surface area (Å²) in [6.45, 7) is 0. The van der Waals surface area contributed by atoms with Crippen LogP contribution in [0.5, 0.6) is 0 Å². The van der Waals surface area contributed by atoms with E-state index >= 15 is 0 Å². The Hall–Kier alpha value is -0.520.